The molecule has 1 saturated heterocycles. The molecule has 1 N–H and O–H groups in total. The van der Waals surface area contributed by atoms with Gasteiger partial charge in [-0.2, -0.15) is 5.10 Å². The van der Waals surface area contributed by atoms with Crippen LogP contribution in [0, 0.1) is 12.8 Å². The first kappa shape index (κ1) is 26.4. The number of aromatic nitrogens is 2. The predicted molar refractivity (Wildman–Crippen MR) is 136 cm³/mol. The summed E-state index contributed by atoms with van der Waals surface area (Å²) in [7, 11) is 0. The van der Waals surface area contributed by atoms with Crippen LogP contribution in [0.25, 0.3) is 0 Å². The average Bonchev–Trinajstić information content (AvgIpc) is 3.27. The van der Waals surface area contributed by atoms with Gasteiger partial charge in [0.05, 0.1) is 12.5 Å². The van der Waals surface area contributed by atoms with E-state index in [0.29, 0.717) is 51.3 Å². The van der Waals surface area contributed by atoms with E-state index in [9.17, 15) is 19.2 Å². The number of carbonyl (C=O) groups is 4. The number of aryl methyl sites for hydroxylation is 2. The highest BCUT2D eigenvalue weighted by Crippen LogP contribution is 2.20. The molecule has 0 aliphatic carbocycles. The highest BCUT2D eigenvalue weighted by Gasteiger charge is 2.32. The number of benzene rings is 1. The van der Waals surface area contributed by atoms with Crippen molar-refractivity contribution in [3.8, 4) is 0 Å². The van der Waals surface area contributed by atoms with Crippen molar-refractivity contribution in [3.63, 3.8) is 0 Å². The number of rotatable bonds is 7. The third kappa shape index (κ3) is 6.18. The topological polar surface area (TPSA) is 114 Å². The van der Waals surface area contributed by atoms with Gasteiger partial charge in [-0.3, -0.25) is 23.9 Å². The molecule has 3 amide bonds. The molecule has 0 unspecified atom stereocenters. The fraction of sp³-hybridized carbons (Fsp3) is 0.519. The SMILES string of the molecule is CCOC(=O)[C@H]1CCCN(C(=O)[C@H](C)NC(=O)c2cc3n(n2)CCCN(Cc2ccc(C)cc2)C3=O)C1. The van der Waals surface area contributed by atoms with Crippen LogP contribution in [-0.4, -0.2) is 75.6 Å². The number of nitrogens with zero attached hydrogens (tertiary/aromatic N) is 4. The van der Waals surface area contributed by atoms with Gasteiger partial charge in [0, 0.05) is 38.8 Å². The second kappa shape index (κ2) is 11.6. The maximum atomic E-state index is 13.2. The lowest BCUT2D eigenvalue weighted by atomic mass is 9.97. The van der Waals surface area contributed by atoms with Crippen molar-refractivity contribution in [3.05, 3.63) is 52.8 Å². The highest BCUT2D eigenvalue weighted by molar-refractivity contribution is 5.99. The van der Waals surface area contributed by atoms with E-state index in [1.54, 1.807) is 28.3 Å². The van der Waals surface area contributed by atoms with Crippen LogP contribution in [0.4, 0.5) is 0 Å². The monoisotopic (exact) mass is 509 g/mol. The summed E-state index contributed by atoms with van der Waals surface area (Å²) < 4.78 is 6.68. The van der Waals surface area contributed by atoms with Gasteiger partial charge in [0.25, 0.3) is 11.8 Å². The number of carbonyl (C=O) groups excluding carboxylic acids is 4. The van der Waals surface area contributed by atoms with Crippen LogP contribution in [0.5, 0.6) is 0 Å². The number of amides is 3. The molecule has 10 nitrogen and oxygen atoms in total. The van der Waals surface area contributed by atoms with Crippen LogP contribution >= 0.6 is 0 Å². The fourth-order valence-electron chi connectivity index (χ4n) is 4.85. The van der Waals surface area contributed by atoms with E-state index in [1.165, 1.54) is 6.07 Å². The quantitative estimate of drug-likeness (QED) is 0.572. The van der Waals surface area contributed by atoms with Gasteiger partial charge < -0.3 is 19.9 Å². The van der Waals surface area contributed by atoms with Crippen LogP contribution in [0.1, 0.15) is 65.2 Å². The van der Waals surface area contributed by atoms with Crippen LogP contribution in [0.15, 0.2) is 30.3 Å². The van der Waals surface area contributed by atoms with Gasteiger partial charge in [-0.15, -0.1) is 0 Å². The molecular formula is C27H35N5O5. The normalized spacial score (nSPS) is 18.6. The molecule has 1 aromatic heterocycles. The van der Waals surface area contributed by atoms with Crippen molar-refractivity contribution in [2.45, 2.75) is 59.2 Å². The third-order valence-electron chi connectivity index (χ3n) is 6.88. The van der Waals surface area contributed by atoms with Crippen LogP contribution in [0.3, 0.4) is 0 Å². The third-order valence-corrected chi connectivity index (χ3v) is 6.88. The van der Waals surface area contributed by atoms with Crippen molar-refractivity contribution in [1.29, 1.82) is 0 Å². The van der Waals surface area contributed by atoms with E-state index in [2.05, 4.69) is 10.4 Å². The van der Waals surface area contributed by atoms with Gasteiger partial charge in [-0.1, -0.05) is 29.8 Å². The first-order chi connectivity index (χ1) is 17.8. The summed E-state index contributed by atoms with van der Waals surface area (Å²) >= 11 is 0. The molecule has 2 aliphatic heterocycles. The van der Waals surface area contributed by atoms with E-state index in [4.69, 9.17) is 4.74 Å². The second-order valence-electron chi connectivity index (χ2n) is 9.77. The molecule has 198 valence electrons. The molecule has 0 bridgehead atoms. The summed E-state index contributed by atoms with van der Waals surface area (Å²) in [6.45, 7) is 8.11. The standard InChI is InChI=1S/C27H35N5O5/c1-4-37-27(36)21-7-5-12-31(17-21)25(34)19(3)28-24(33)22-15-23-26(35)30(13-6-14-32(23)29-22)16-20-10-8-18(2)9-11-20/h8-11,15,19,21H,4-7,12-14,16-17H2,1-3H3,(H,28,33)/t19-,21-/m0/s1. The van der Waals surface area contributed by atoms with Crippen LogP contribution in [0.2, 0.25) is 0 Å². The number of hydrogen-bond donors (Lipinski definition) is 1. The van der Waals surface area contributed by atoms with E-state index in [1.807, 2.05) is 31.2 Å². The lowest BCUT2D eigenvalue weighted by Gasteiger charge is -2.33. The highest BCUT2D eigenvalue weighted by atomic mass is 16.5. The van der Waals surface area contributed by atoms with Crippen LogP contribution in [-0.2, 0) is 27.4 Å². The summed E-state index contributed by atoms with van der Waals surface area (Å²) in [5.41, 5.74) is 2.66. The maximum Gasteiger partial charge on any atom is 0.310 e. The lowest BCUT2D eigenvalue weighted by molar-refractivity contribution is -0.151. The smallest absolute Gasteiger partial charge is 0.310 e. The Bertz CT molecular complexity index is 1160. The zero-order chi connectivity index (χ0) is 26.5. The van der Waals surface area contributed by atoms with Crippen molar-refractivity contribution in [1.82, 2.24) is 24.9 Å². The number of likely N-dealkylation sites (tertiary alicyclic amines) is 1. The predicted octanol–water partition coefficient (Wildman–Crippen LogP) is 2.16. The Labute approximate surface area is 216 Å². The summed E-state index contributed by atoms with van der Waals surface area (Å²) in [5, 5.41) is 7.08. The molecular weight excluding hydrogens is 474 g/mol. The summed E-state index contributed by atoms with van der Waals surface area (Å²) in [5.74, 6) is -1.59. The summed E-state index contributed by atoms with van der Waals surface area (Å²) in [4.78, 5) is 54.7. The molecule has 2 atom stereocenters. The molecule has 0 spiro atoms. The molecule has 2 aliphatic rings. The van der Waals surface area contributed by atoms with Gasteiger partial charge in [0.2, 0.25) is 5.91 Å². The molecule has 37 heavy (non-hydrogen) atoms. The van der Waals surface area contributed by atoms with Gasteiger partial charge in [-0.25, -0.2) is 0 Å². The van der Waals surface area contributed by atoms with Gasteiger partial charge in [0.15, 0.2) is 5.69 Å². The van der Waals surface area contributed by atoms with E-state index >= 15 is 0 Å². The van der Waals surface area contributed by atoms with E-state index < -0.39 is 11.9 Å². The maximum absolute atomic E-state index is 13.2. The van der Waals surface area contributed by atoms with Crippen molar-refractivity contribution in [2.24, 2.45) is 5.92 Å². The lowest BCUT2D eigenvalue weighted by Crippen LogP contribution is -2.51. The number of nitrogens with one attached hydrogen (secondary N) is 1. The zero-order valence-corrected chi connectivity index (χ0v) is 21.7. The summed E-state index contributed by atoms with van der Waals surface area (Å²) in [6, 6.07) is 8.77. The van der Waals surface area contributed by atoms with Gasteiger partial charge >= 0.3 is 5.97 Å². The van der Waals surface area contributed by atoms with Crippen molar-refractivity contribution < 1.29 is 23.9 Å². The molecule has 4 rings (SSSR count). The number of hydrogen-bond acceptors (Lipinski definition) is 6. The number of piperidine rings is 1. The second-order valence-corrected chi connectivity index (χ2v) is 9.77. The first-order valence-corrected chi connectivity index (χ1v) is 13.0. The van der Waals surface area contributed by atoms with E-state index in [0.717, 1.165) is 17.5 Å². The number of esters is 1. The minimum Gasteiger partial charge on any atom is -0.466 e. The van der Waals surface area contributed by atoms with E-state index in [-0.39, 0.29) is 35.9 Å². The van der Waals surface area contributed by atoms with Gasteiger partial charge in [0.1, 0.15) is 11.7 Å². The molecule has 3 heterocycles. The minimum atomic E-state index is -0.802. The van der Waals surface area contributed by atoms with Crippen molar-refractivity contribution in [2.75, 3.05) is 26.2 Å². The largest absolute Gasteiger partial charge is 0.466 e. The fourth-order valence-corrected chi connectivity index (χ4v) is 4.85. The Morgan fingerprint density at radius 2 is 1.89 bits per heavy atom. The molecule has 10 heteroatoms. The Kier molecular flexibility index (Phi) is 8.25. The van der Waals surface area contributed by atoms with Crippen LogP contribution < -0.4 is 5.32 Å². The summed E-state index contributed by atoms with van der Waals surface area (Å²) in [6.07, 6.45) is 2.10. The average molecular weight is 510 g/mol. The molecule has 1 aromatic carbocycles. The molecule has 0 saturated carbocycles. The minimum absolute atomic E-state index is 0.100. The number of fused-ring (bicyclic) bond motifs is 1. The molecule has 0 radical (unpaired) electrons. The Morgan fingerprint density at radius 1 is 1.14 bits per heavy atom. The first-order valence-electron chi connectivity index (χ1n) is 13.0. The Balaban J connectivity index is 1.39. The van der Waals surface area contributed by atoms with Gasteiger partial charge in [-0.05, 0) is 45.6 Å². The zero-order valence-electron chi connectivity index (χ0n) is 21.7. The Morgan fingerprint density at radius 3 is 2.62 bits per heavy atom. The Hall–Kier alpha value is -3.69. The van der Waals surface area contributed by atoms with Crippen molar-refractivity contribution >= 4 is 23.7 Å². The number of ether oxygens (including phenoxy) is 1. The molecule has 2 aromatic rings. The molecule has 1 fully saturated rings.